The van der Waals surface area contributed by atoms with Crippen molar-refractivity contribution in [1.82, 2.24) is 20.4 Å². The average molecular weight is 445 g/mol. The summed E-state index contributed by atoms with van der Waals surface area (Å²) < 4.78 is 13.0. The van der Waals surface area contributed by atoms with Crippen molar-refractivity contribution < 1.29 is 14.0 Å². The second-order valence-electron chi connectivity index (χ2n) is 8.36. The van der Waals surface area contributed by atoms with Crippen LogP contribution in [0.15, 0.2) is 41.8 Å². The third-order valence-electron chi connectivity index (χ3n) is 6.40. The number of hydrogen-bond donors (Lipinski definition) is 2. The van der Waals surface area contributed by atoms with Gasteiger partial charge in [0.1, 0.15) is 11.9 Å². The van der Waals surface area contributed by atoms with Gasteiger partial charge in [0.05, 0.1) is 0 Å². The maximum atomic E-state index is 13.0. The molecule has 166 valence electrons. The van der Waals surface area contributed by atoms with Crippen LogP contribution in [-0.2, 0) is 22.7 Å². The monoisotopic (exact) mass is 444 g/mol. The summed E-state index contributed by atoms with van der Waals surface area (Å²) in [7, 11) is 2.08. The van der Waals surface area contributed by atoms with E-state index in [1.54, 1.807) is 23.5 Å². The Kier molecular flexibility index (Phi) is 6.99. The first-order valence-corrected chi connectivity index (χ1v) is 11.7. The van der Waals surface area contributed by atoms with Crippen LogP contribution in [0, 0.1) is 5.82 Å². The Balaban J connectivity index is 1.30. The highest BCUT2D eigenvalue weighted by atomic mass is 32.1. The molecule has 0 saturated carbocycles. The summed E-state index contributed by atoms with van der Waals surface area (Å²) in [5, 5.41) is 8.08. The van der Waals surface area contributed by atoms with Crippen molar-refractivity contribution in [3.8, 4) is 0 Å². The van der Waals surface area contributed by atoms with Crippen LogP contribution in [-0.4, -0.2) is 59.9 Å². The molecule has 6 nitrogen and oxygen atoms in total. The van der Waals surface area contributed by atoms with Crippen LogP contribution >= 0.6 is 11.3 Å². The molecule has 2 aromatic rings. The zero-order valence-electron chi connectivity index (χ0n) is 17.7. The molecule has 2 saturated heterocycles. The molecule has 3 heterocycles. The summed E-state index contributed by atoms with van der Waals surface area (Å²) in [6, 6.07) is 10.4. The Hall–Kier alpha value is -2.29. The number of halogens is 1. The van der Waals surface area contributed by atoms with Crippen molar-refractivity contribution in [3.05, 3.63) is 58.0 Å². The second kappa shape index (κ2) is 9.89. The number of nitrogens with zero attached hydrogens (tertiary/aromatic N) is 2. The average Bonchev–Trinajstić information content (AvgIpc) is 3.40. The first-order valence-electron chi connectivity index (χ1n) is 10.8. The van der Waals surface area contributed by atoms with Gasteiger partial charge >= 0.3 is 0 Å². The van der Waals surface area contributed by atoms with Gasteiger partial charge < -0.3 is 10.6 Å². The van der Waals surface area contributed by atoms with Gasteiger partial charge in [0, 0.05) is 49.6 Å². The number of rotatable bonds is 7. The zero-order valence-corrected chi connectivity index (χ0v) is 18.5. The van der Waals surface area contributed by atoms with Crippen molar-refractivity contribution in [2.75, 3.05) is 20.1 Å². The summed E-state index contributed by atoms with van der Waals surface area (Å²) in [5.74, 6) is -0.225. The molecule has 31 heavy (non-hydrogen) atoms. The van der Waals surface area contributed by atoms with E-state index in [9.17, 15) is 14.0 Å². The third-order valence-corrected chi connectivity index (χ3v) is 7.26. The minimum atomic E-state index is -0.285. The number of carbonyl (C=O) groups is 2. The predicted octanol–water partition coefficient (Wildman–Crippen LogP) is 2.36. The van der Waals surface area contributed by atoms with E-state index < -0.39 is 0 Å². The highest BCUT2D eigenvalue weighted by Gasteiger charge is 2.44. The second-order valence-corrected chi connectivity index (χ2v) is 9.39. The SMILES string of the molecule is CN1C(CCC(=O)NCc2ccc(F)cc2)CNC(=O)C2C1CCN2Cc1cccs1. The molecule has 0 radical (unpaired) electrons. The van der Waals surface area contributed by atoms with Gasteiger partial charge in [0.15, 0.2) is 0 Å². The lowest BCUT2D eigenvalue weighted by atomic mass is 10.0. The molecule has 2 amide bonds. The van der Waals surface area contributed by atoms with E-state index >= 15 is 0 Å². The topological polar surface area (TPSA) is 64.7 Å². The van der Waals surface area contributed by atoms with Crippen LogP contribution in [0.25, 0.3) is 0 Å². The minimum absolute atomic E-state index is 0.0319. The molecule has 3 unspecified atom stereocenters. The highest BCUT2D eigenvalue weighted by molar-refractivity contribution is 7.09. The molecule has 1 aromatic carbocycles. The van der Waals surface area contributed by atoms with Crippen molar-refractivity contribution in [2.24, 2.45) is 0 Å². The van der Waals surface area contributed by atoms with Gasteiger partial charge in [-0.15, -0.1) is 11.3 Å². The number of carbonyl (C=O) groups excluding carboxylic acids is 2. The molecule has 3 atom stereocenters. The van der Waals surface area contributed by atoms with Gasteiger partial charge in [-0.05, 0) is 49.0 Å². The van der Waals surface area contributed by atoms with Crippen molar-refractivity contribution in [2.45, 2.75) is 50.5 Å². The van der Waals surface area contributed by atoms with E-state index in [2.05, 4.69) is 38.9 Å². The smallest absolute Gasteiger partial charge is 0.239 e. The van der Waals surface area contributed by atoms with E-state index in [-0.39, 0.29) is 35.8 Å². The zero-order chi connectivity index (χ0) is 21.8. The van der Waals surface area contributed by atoms with E-state index in [1.807, 2.05) is 6.07 Å². The Morgan fingerprint density at radius 2 is 2.10 bits per heavy atom. The molecule has 8 heteroatoms. The quantitative estimate of drug-likeness (QED) is 0.688. The van der Waals surface area contributed by atoms with Gasteiger partial charge in [-0.1, -0.05) is 18.2 Å². The molecular weight excluding hydrogens is 415 g/mol. The Labute approximate surface area is 186 Å². The summed E-state index contributed by atoms with van der Waals surface area (Å²) in [6.45, 7) is 2.64. The fraction of sp³-hybridized carbons (Fsp3) is 0.478. The summed E-state index contributed by atoms with van der Waals surface area (Å²) in [6.07, 6.45) is 2.02. The maximum Gasteiger partial charge on any atom is 0.239 e. The Morgan fingerprint density at radius 1 is 1.29 bits per heavy atom. The Morgan fingerprint density at radius 3 is 2.84 bits per heavy atom. The standard InChI is InChI=1S/C23H29FN4O2S/c1-27-18(8-9-21(29)25-13-16-4-6-17(24)7-5-16)14-26-23(30)22-20(27)10-11-28(22)15-19-3-2-12-31-19/h2-7,12,18,20,22H,8-11,13-15H2,1H3,(H,25,29)(H,26,30). The number of amides is 2. The van der Waals surface area contributed by atoms with Gasteiger partial charge in [-0.25, -0.2) is 4.39 Å². The van der Waals surface area contributed by atoms with Crippen LogP contribution in [0.1, 0.15) is 29.7 Å². The number of likely N-dealkylation sites (N-methyl/N-ethyl adjacent to an activating group) is 1. The molecule has 2 N–H and O–H groups in total. The molecule has 0 bridgehead atoms. The van der Waals surface area contributed by atoms with E-state index in [0.29, 0.717) is 25.9 Å². The van der Waals surface area contributed by atoms with E-state index in [4.69, 9.17) is 0 Å². The first kappa shape index (κ1) is 21.9. The molecule has 2 fully saturated rings. The van der Waals surface area contributed by atoms with Gasteiger partial charge in [0.2, 0.25) is 11.8 Å². The number of likely N-dealkylation sites (tertiary alicyclic amines) is 1. The first-order chi connectivity index (χ1) is 15.0. The lowest BCUT2D eigenvalue weighted by Gasteiger charge is -2.33. The highest BCUT2D eigenvalue weighted by Crippen LogP contribution is 2.29. The predicted molar refractivity (Wildman–Crippen MR) is 119 cm³/mol. The fourth-order valence-corrected chi connectivity index (χ4v) is 5.35. The van der Waals surface area contributed by atoms with Crippen LogP contribution in [0.2, 0.25) is 0 Å². The van der Waals surface area contributed by atoms with Crippen LogP contribution < -0.4 is 10.6 Å². The normalized spacial score (nSPS) is 24.5. The summed E-state index contributed by atoms with van der Waals surface area (Å²) >= 11 is 1.72. The molecule has 2 aliphatic rings. The lowest BCUT2D eigenvalue weighted by Crippen LogP contribution is -2.49. The van der Waals surface area contributed by atoms with Crippen LogP contribution in [0.5, 0.6) is 0 Å². The third kappa shape index (κ3) is 5.31. The summed E-state index contributed by atoms with van der Waals surface area (Å²) in [5.41, 5.74) is 0.869. The molecule has 1 aromatic heterocycles. The van der Waals surface area contributed by atoms with Crippen LogP contribution in [0.4, 0.5) is 4.39 Å². The number of fused-ring (bicyclic) bond motifs is 1. The minimum Gasteiger partial charge on any atom is -0.353 e. The van der Waals surface area contributed by atoms with Gasteiger partial charge in [0.25, 0.3) is 0 Å². The molecule has 0 aliphatic carbocycles. The molecular formula is C23H29FN4O2S. The number of benzene rings is 1. The number of thiophene rings is 1. The largest absolute Gasteiger partial charge is 0.353 e. The van der Waals surface area contributed by atoms with Gasteiger partial charge in [-0.2, -0.15) is 0 Å². The van der Waals surface area contributed by atoms with Crippen molar-refractivity contribution in [1.29, 1.82) is 0 Å². The molecule has 0 spiro atoms. The van der Waals surface area contributed by atoms with Gasteiger partial charge in [-0.3, -0.25) is 19.4 Å². The van der Waals surface area contributed by atoms with E-state index in [0.717, 1.165) is 25.1 Å². The van der Waals surface area contributed by atoms with Crippen molar-refractivity contribution >= 4 is 23.2 Å². The number of hydrogen-bond acceptors (Lipinski definition) is 5. The summed E-state index contributed by atoms with van der Waals surface area (Å²) in [4.78, 5) is 31.1. The molecule has 4 rings (SSSR count). The molecule has 2 aliphatic heterocycles. The number of nitrogens with one attached hydrogen (secondary N) is 2. The Bertz CT molecular complexity index is 889. The van der Waals surface area contributed by atoms with E-state index in [1.165, 1.54) is 17.0 Å². The lowest BCUT2D eigenvalue weighted by molar-refractivity contribution is -0.126. The maximum absolute atomic E-state index is 13.0. The van der Waals surface area contributed by atoms with Crippen LogP contribution in [0.3, 0.4) is 0 Å². The fourth-order valence-electron chi connectivity index (χ4n) is 4.62. The van der Waals surface area contributed by atoms with Crippen molar-refractivity contribution in [3.63, 3.8) is 0 Å².